The number of nitrogens with zero attached hydrogens (tertiary/aromatic N) is 3. The first-order chi connectivity index (χ1) is 7.08. The molecule has 2 unspecified atom stereocenters. The second-order valence-electron chi connectivity index (χ2n) is 4.25. The minimum absolute atomic E-state index is 0.0370. The average molecular weight is 208 g/mol. The van der Waals surface area contributed by atoms with E-state index >= 15 is 0 Å². The maximum absolute atomic E-state index is 11.5. The number of Topliss-reactive ketones (excluding diaryl/α,β-unsaturated/α-hetero) is 1. The summed E-state index contributed by atoms with van der Waals surface area (Å²) in [6, 6.07) is 0.271. The fraction of sp³-hybridized carbons (Fsp3) is 0.700. The van der Waals surface area contributed by atoms with Crippen LogP contribution >= 0.6 is 0 Å². The van der Waals surface area contributed by atoms with E-state index < -0.39 is 0 Å². The van der Waals surface area contributed by atoms with Gasteiger partial charge in [-0.25, -0.2) is 0 Å². The normalized spacial score (nSPS) is 27.0. The van der Waals surface area contributed by atoms with E-state index in [-0.39, 0.29) is 12.1 Å². The summed E-state index contributed by atoms with van der Waals surface area (Å²) in [6.45, 7) is 4.00. The van der Waals surface area contributed by atoms with Crippen molar-refractivity contribution in [1.82, 2.24) is 20.3 Å². The first-order valence-electron chi connectivity index (χ1n) is 5.22. The van der Waals surface area contributed by atoms with Crippen LogP contribution in [0, 0.1) is 6.92 Å². The van der Waals surface area contributed by atoms with Crippen molar-refractivity contribution in [2.24, 2.45) is 7.05 Å². The molecule has 1 saturated heterocycles. The largest absolute Gasteiger partial charge is 0.305 e. The minimum Gasteiger partial charge on any atom is -0.305 e. The summed E-state index contributed by atoms with van der Waals surface area (Å²) in [4.78, 5) is 11.5. The number of aryl methyl sites for hydroxylation is 1. The SMILES string of the molecule is Cc1c(C2CC(=O)CC(C)N2)nnn1C. The van der Waals surface area contributed by atoms with Gasteiger partial charge in [0.2, 0.25) is 0 Å². The molecule has 1 aromatic rings. The van der Waals surface area contributed by atoms with Gasteiger partial charge in [0, 0.05) is 25.9 Å². The number of ketones is 1. The molecule has 1 aliphatic heterocycles. The Labute approximate surface area is 88.9 Å². The standard InChI is InChI=1S/C10H16N4O/c1-6-4-8(15)5-9(11-6)10-7(2)14(3)13-12-10/h6,9,11H,4-5H2,1-3H3. The van der Waals surface area contributed by atoms with Crippen molar-refractivity contribution in [3.63, 3.8) is 0 Å². The lowest BCUT2D eigenvalue weighted by molar-refractivity contribution is -0.121. The van der Waals surface area contributed by atoms with E-state index in [1.165, 1.54) is 0 Å². The Bertz CT molecular complexity index is 385. The van der Waals surface area contributed by atoms with Crippen molar-refractivity contribution in [2.45, 2.75) is 38.8 Å². The smallest absolute Gasteiger partial charge is 0.136 e. The predicted octanol–water partition coefficient (Wildman–Crippen LogP) is 0.506. The number of carbonyl (C=O) groups excluding carboxylic acids is 1. The van der Waals surface area contributed by atoms with Crippen molar-refractivity contribution in [1.29, 1.82) is 0 Å². The molecule has 0 aliphatic carbocycles. The lowest BCUT2D eigenvalue weighted by Crippen LogP contribution is -2.39. The molecule has 5 nitrogen and oxygen atoms in total. The highest BCUT2D eigenvalue weighted by atomic mass is 16.1. The molecule has 5 heteroatoms. The fourth-order valence-electron chi connectivity index (χ4n) is 2.03. The number of carbonyl (C=O) groups is 1. The van der Waals surface area contributed by atoms with Crippen molar-refractivity contribution in [2.75, 3.05) is 0 Å². The molecule has 1 aromatic heterocycles. The van der Waals surface area contributed by atoms with E-state index in [1.54, 1.807) is 4.68 Å². The lowest BCUT2D eigenvalue weighted by Gasteiger charge is -2.26. The number of rotatable bonds is 1. The molecule has 82 valence electrons. The number of aromatic nitrogens is 3. The molecule has 2 atom stereocenters. The molecule has 0 saturated carbocycles. The van der Waals surface area contributed by atoms with Crippen molar-refractivity contribution in [3.05, 3.63) is 11.4 Å². The predicted molar refractivity (Wildman–Crippen MR) is 55.3 cm³/mol. The van der Waals surface area contributed by atoms with Crippen LogP contribution in [0.1, 0.15) is 37.2 Å². The zero-order valence-corrected chi connectivity index (χ0v) is 9.32. The Kier molecular flexibility index (Phi) is 2.56. The summed E-state index contributed by atoms with van der Waals surface area (Å²) in [7, 11) is 1.86. The lowest BCUT2D eigenvalue weighted by atomic mass is 9.95. The summed E-state index contributed by atoms with van der Waals surface area (Å²) < 4.78 is 1.74. The molecular weight excluding hydrogens is 192 g/mol. The molecule has 1 N–H and O–H groups in total. The first-order valence-corrected chi connectivity index (χ1v) is 5.22. The summed E-state index contributed by atoms with van der Waals surface area (Å²) >= 11 is 0. The van der Waals surface area contributed by atoms with Crippen molar-refractivity contribution in [3.8, 4) is 0 Å². The van der Waals surface area contributed by atoms with E-state index in [2.05, 4.69) is 15.6 Å². The van der Waals surface area contributed by atoms with Crippen LogP contribution in [0.2, 0.25) is 0 Å². The van der Waals surface area contributed by atoms with Gasteiger partial charge in [-0.1, -0.05) is 5.21 Å². The van der Waals surface area contributed by atoms with Gasteiger partial charge in [0.25, 0.3) is 0 Å². The summed E-state index contributed by atoms with van der Waals surface area (Å²) in [6.07, 6.45) is 1.15. The highest BCUT2D eigenvalue weighted by Crippen LogP contribution is 2.23. The van der Waals surface area contributed by atoms with E-state index in [1.807, 2.05) is 20.9 Å². The molecule has 2 rings (SSSR count). The third-order valence-corrected chi connectivity index (χ3v) is 2.92. The Morgan fingerprint density at radius 1 is 1.47 bits per heavy atom. The van der Waals surface area contributed by atoms with Gasteiger partial charge in [0.1, 0.15) is 11.5 Å². The fourth-order valence-corrected chi connectivity index (χ4v) is 2.03. The van der Waals surface area contributed by atoms with Gasteiger partial charge in [-0.3, -0.25) is 9.48 Å². The Hall–Kier alpha value is -1.23. The van der Waals surface area contributed by atoms with Crippen molar-refractivity contribution >= 4 is 5.78 Å². The minimum atomic E-state index is 0.0370. The molecule has 0 amide bonds. The van der Waals surface area contributed by atoms with Gasteiger partial charge in [0.05, 0.1) is 11.7 Å². The molecule has 0 aromatic carbocycles. The number of piperidine rings is 1. The second-order valence-corrected chi connectivity index (χ2v) is 4.25. The first kappa shape index (κ1) is 10.3. The highest BCUT2D eigenvalue weighted by molar-refractivity contribution is 5.80. The van der Waals surface area contributed by atoms with Crippen LogP contribution < -0.4 is 5.32 Å². The maximum Gasteiger partial charge on any atom is 0.136 e. The third-order valence-electron chi connectivity index (χ3n) is 2.92. The van der Waals surface area contributed by atoms with Crippen LogP contribution in [0.3, 0.4) is 0 Å². The van der Waals surface area contributed by atoms with Gasteiger partial charge in [-0.2, -0.15) is 0 Å². The summed E-state index contributed by atoms with van der Waals surface area (Å²) in [5.41, 5.74) is 1.92. The van der Waals surface area contributed by atoms with Crippen LogP contribution in [-0.2, 0) is 11.8 Å². The number of nitrogens with one attached hydrogen (secondary N) is 1. The molecule has 0 spiro atoms. The van der Waals surface area contributed by atoms with E-state index in [0.29, 0.717) is 18.6 Å². The van der Waals surface area contributed by atoms with Crippen LogP contribution in [0.25, 0.3) is 0 Å². The Balaban J connectivity index is 2.23. The monoisotopic (exact) mass is 208 g/mol. The van der Waals surface area contributed by atoms with Gasteiger partial charge < -0.3 is 5.32 Å². The zero-order valence-electron chi connectivity index (χ0n) is 9.32. The second kappa shape index (κ2) is 3.73. The molecule has 2 heterocycles. The molecule has 15 heavy (non-hydrogen) atoms. The van der Waals surface area contributed by atoms with Crippen LogP contribution in [0.5, 0.6) is 0 Å². The van der Waals surface area contributed by atoms with E-state index in [0.717, 1.165) is 11.4 Å². The summed E-state index contributed by atoms with van der Waals surface area (Å²) in [5, 5.41) is 11.4. The average Bonchev–Trinajstić information content (AvgIpc) is 2.46. The topological polar surface area (TPSA) is 59.8 Å². The van der Waals surface area contributed by atoms with E-state index in [4.69, 9.17) is 0 Å². The molecular formula is C10H16N4O. The molecule has 1 fully saturated rings. The molecule has 0 bridgehead atoms. The van der Waals surface area contributed by atoms with Crippen LogP contribution in [-0.4, -0.2) is 26.8 Å². The number of hydrogen-bond donors (Lipinski definition) is 1. The molecule has 0 radical (unpaired) electrons. The highest BCUT2D eigenvalue weighted by Gasteiger charge is 2.28. The van der Waals surface area contributed by atoms with Gasteiger partial charge >= 0.3 is 0 Å². The van der Waals surface area contributed by atoms with Gasteiger partial charge in [-0.15, -0.1) is 5.10 Å². The Morgan fingerprint density at radius 3 is 2.73 bits per heavy atom. The van der Waals surface area contributed by atoms with Gasteiger partial charge in [-0.05, 0) is 13.8 Å². The molecule has 1 aliphatic rings. The quantitative estimate of drug-likeness (QED) is 0.730. The van der Waals surface area contributed by atoms with Crippen LogP contribution in [0.4, 0.5) is 0 Å². The van der Waals surface area contributed by atoms with E-state index in [9.17, 15) is 4.79 Å². The number of hydrogen-bond acceptors (Lipinski definition) is 4. The Morgan fingerprint density at radius 2 is 2.20 bits per heavy atom. The summed E-state index contributed by atoms with van der Waals surface area (Å²) in [5.74, 6) is 0.302. The zero-order chi connectivity index (χ0) is 11.0. The van der Waals surface area contributed by atoms with Gasteiger partial charge in [0.15, 0.2) is 0 Å². The van der Waals surface area contributed by atoms with Crippen molar-refractivity contribution < 1.29 is 4.79 Å². The third kappa shape index (κ3) is 1.92. The van der Waals surface area contributed by atoms with Crippen LogP contribution in [0.15, 0.2) is 0 Å². The maximum atomic E-state index is 11.5.